The second-order valence-electron chi connectivity index (χ2n) is 20.0. The van der Waals surface area contributed by atoms with Gasteiger partial charge in [0.1, 0.15) is 0 Å². The molecule has 0 aromatic rings. The third kappa shape index (κ3) is 30.7. The molecule has 0 aromatic heterocycles. The summed E-state index contributed by atoms with van der Waals surface area (Å²) in [6.07, 6.45) is 51.0. The van der Waals surface area contributed by atoms with Gasteiger partial charge in [-0.2, -0.15) is 0 Å². The van der Waals surface area contributed by atoms with Crippen molar-refractivity contribution in [3.05, 3.63) is 11.6 Å². The fourth-order valence-corrected chi connectivity index (χ4v) is 9.99. The van der Waals surface area contributed by atoms with Crippen molar-refractivity contribution in [1.82, 2.24) is 0 Å². The normalized spacial score (nSPS) is 16.2. The molecule has 6 heteroatoms. The molecule has 0 bridgehead atoms. The molecule has 2 rings (SSSR count). The van der Waals surface area contributed by atoms with Gasteiger partial charge in [-0.25, -0.2) is 0 Å². The third-order valence-electron chi connectivity index (χ3n) is 14.0. The lowest BCUT2D eigenvalue weighted by Crippen LogP contribution is -2.31. The van der Waals surface area contributed by atoms with Crippen LogP contribution in [0.25, 0.3) is 0 Å². The van der Waals surface area contributed by atoms with Gasteiger partial charge < -0.3 is 18.9 Å². The molecule has 0 amide bonds. The Hall–Kier alpha value is -1.40. The molecule has 0 radical (unpaired) electrons. The number of ether oxygens (including phenoxy) is 4. The lowest BCUT2D eigenvalue weighted by molar-refractivity contribution is -0.180. The van der Waals surface area contributed by atoms with E-state index in [1.165, 1.54) is 205 Å². The number of allylic oxidation sites excluding steroid dienone is 2. The number of hydrogen-bond donors (Lipinski definition) is 0. The summed E-state index contributed by atoms with van der Waals surface area (Å²) < 4.78 is 24.8. The fraction of sp³-hybridized carbons (Fsp3) is 0.929. The lowest BCUT2D eigenvalue weighted by Gasteiger charge is -2.28. The van der Waals surface area contributed by atoms with Crippen LogP contribution in [0.4, 0.5) is 0 Å². The van der Waals surface area contributed by atoms with E-state index in [9.17, 15) is 9.59 Å². The predicted molar refractivity (Wildman–Crippen MR) is 263 cm³/mol. The first-order valence-electron chi connectivity index (χ1n) is 27.7. The van der Waals surface area contributed by atoms with E-state index in [2.05, 4.69) is 33.8 Å². The Balaban J connectivity index is 1.61. The Morgan fingerprint density at radius 3 is 1.42 bits per heavy atom. The highest BCUT2D eigenvalue weighted by Crippen LogP contribution is 2.36. The van der Waals surface area contributed by atoms with Crippen molar-refractivity contribution in [2.75, 3.05) is 19.8 Å². The smallest absolute Gasteiger partial charge is 0.306 e. The van der Waals surface area contributed by atoms with Crippen molar-refractivity contribution in [2.45, 2.75) is 303 Å². The zero-order chi connectivity index (χ0) is 44.6. The molecule has 0 aromatic carbocycles. The van der Waals surface area contributed by atoms with Gasteiger partial charge in [-0.05, 0) is 102 Å². The van der Waals surface area contributed by atoms with Crippen molar-refractivity contribution in [3.63, 3.8) is 0 Å². The molecular weight excluding hydrogens is 769 g/mol. The second kappa shape index (κ2) is 39.9. The molecule has 1 unspecified atom stereocenters. The first-order chi connectivity index (χ1) is 30.4. The molecule has 364 valence electrons. The zero-order valence-corrected chi connectivity index (χ0v) is 41.9. The van der Waals surface area contributed by atoms with Crippen LogP contribution in [0.2, 0.25) is 0 Å². The second-order valence-corrected chi connectivity index (χ2v) is 20.0. The summed E-state index contributed by atoms with van der Waals surface area (Å²) in [5.74, 6) is 0.674. The Kier molecular flexibility index (Phi) is 36.5. The van der Waals surface area contributed by atoms with E-state index in [0.717, 1.165) is 51.6 Å². The van der Waals surface area contributed by atoms with E-state index in [0.29, 0.717) is 37.9 Å². The molecule has 1 saturated heterocycles. The number of hydrogen-bond acceptors (Lipinski definition) is 6. The third-order valence-corrected chi connectivity index (χ3v) is 14.0. The minimum atomic E-state index is -0.386. The van der Waals surface area contributed by atoms with Gasteiger partial charge in [0.2, 0.25) is 0 Å². The van der Waals surface area contributed by atoms with Crippen LogP contribution in [0.1, 0.15) is 291 Å². The van der Waals surface area contributed by atoms with E-state index in [4.69, 9.17) is 18.9 Å². The first-order valence-corrected chi connectivity index (χ1v) is 27.7. The molecule has 2 aliphatic rings. The summed E-state index contributed by atoms with van der Waals surface area (Å²) in [7, 11) is 0. The fourth-order valence-electron chi connectivity index (χ4n) is 9.99. The summed E-state index contributed by atoms with van der Waals surface area (Å²) in [4.78, 5) is 25.2. The van der Waals surface area contributed by atoms with Gasteiger partial charge in [0, 0.05) is 25.7 Å². The van der Waals surface area contributed by atoms with Crippen LogP contribution < -0.4 is 0 Å². The standard InChI is InChI=1S/C56H104O6/c1-5-9-23-38-51(39-24-10-6-2)47-54(57)59-45-33-21-17-13-15-19-31-43-56(61-49-53(62-56)42-30-29-37-50-35-27-28-36-50)44-32-20-16-14-18-22-34-46-60-55(58)48-52(40-25-11-7-3)41-26-12-8-4/h35,51-53H,5-34,36-49H2,1-4H3. The van der Waals surface area contributed by atoms with E-state index in [-0.39, 0.29) is 23.8 Å². The minimum absolute atomic E-state index is 0.0258. The molecule has 0 saturated carbocycles. The van der Waals surface area contributed by atoms with Gasteiger partial charge in [-0.15, -0.1) is 0 Å². The largest absolute Gasteiger partial charge is 0.466 e. The minimum Gasteiger partial charge on any atom is -0.466 e. The SMILES string of the molecule is CCCCCC(CCCCC)CC(=O)OCCCCCCCCCC1(CCCCCCCCCOC(=O)CC(CCCCC)CCCCC)OCC(CCCCC2=CCCC2)O1. The Labute approximate surface area is 385 Å². The highest BCUT2D eigenvalue weighted by Gasteiger charge is 2.40. The van der Waals surface area contributed by atoms with Crippen LogP contribution in [0.5, 0.6) is 0 Å². The van der Waals surface area contributed by atoms with Crippen LogP contribution >= 0.6 is 0 Å². The van der Waals surface area contributed by atoms with E-state index in [1.807, 2.05) is 0 Å². The Morgan fingerprint density at radius 2 is 1.00 bits per heavy atom. The maximum Gasteiger partial charge on any atom is 0.306 e. The highest BCUT2D eigenvalue weighted by atomic mass is 16.7. The van der Waals surface area contributed by atoms with Crippen molar-refractivity contribution in [3.8, 4) is 0 Å². The average molecular weight is 873 g/mol. The topological polar surface area (TPSA) is 71.1 Å². The zero-order valence-electron chi connectivity index (χ0n) is 41.9. The molecule has 1 fully saturated rings. The van der Waals surface area contributed by atoms with Crippen LogP contribution in [-0.2, 0) is 28.5 Å². The van der Waals surface area contributed by atoms with Gasteiger partial charge in [-0.1, -0.05) is 187 Å². The number of rotatable bonds is 45. The quantitative estimate of drug-likeness (QED) is 0.0345. The van der Waals surface area contributed by atoms with Crippen LogP contribution in [0.15, 0.2) is 11.6 Å². The van der Waals surface area contributed by atoms with E-state index >= 15 is 0 Å². The molecule has 1 aliphatic carbocycles. The van der Waals surface area contributed by atoms with Gasteiger partial charge >= 0.3 is 11.9 Å². The van der Waals surface area contributed by atoms with Crippen molar-refractivity contribution >= 4 is 11.9 Å². The van der Waals surface area contributed by atoms with E-state index in [1.54, 1.807) is 5.57 Å². The molecule has 0 spiro atoms. The van der Waals surface area contributed by atoms with Crippen molar-refractivity contribution in [1.29, 1.82) is 0 Å². The Morgan fingerprint density at radius 1 is 0.565 bits per heavy atom. The van der Waals surface area contributed by atoms with Gasteiger partial charge in [-0.3, -0.25) is 9.59 Å². The number of carbonyl (C=O) groups excluding carboxylic acids is 2. The van der Waals surface area contributed by atoms with Gasteiger partial charge in [0.15, 0.2) is 5.79 Å². The summed E-state index contributed by atoms with van der Waals surface area (Å²) in [5.41, 5.74) is 1.68. The first kappa shape index (κ1) is 56.7. The van der Waals surface area contributed by atoms with Gasteiger partial charge in [0.05, 0.1) is 25.9 Å². The van der Waals surface area contributed by atoms with Crippen molar-refractivity contribution in [2.24, 2.45) is 11.8 Å². The predicted octanol–water partition coefficient (Wildman–Crippen LogP) is 17.4. The van der Waals surface area contributed by atoms with Crippen molar-refractivity contribution < 1.29 is 28.5 Å². The number of esters is 2. The van der Waals surface area contributed by atoms with Gasteiger partial charge in [0.25, 0.3) is 0 Å². The lowest BCUT2D eigenvalue weighted by atomic mass is 9.92. The Bertz CT molecular complexity index is 993. The maximum absolute atomic E-state index is 12.6. The molecule has 0 N–H and O–H groups in total. The summed E-state index contributed by atoms with van der Waals surface area (Å²) >= 11 is 0. The van der Waals surface area contributed by atoms with Crippen LogP contribution in [0.3, 0.4) is 0 Å². The van der Waals surface area contributed by atoms with Crippen LogP contribution in [0, 0.1) is 11.8 Å². The summed E-state index contributed by atoms with van der Waals surface area (Å²) in [5, 5.41) is 0. The maximum atomic E-state index is 12.6. The van der Waals surface area contributed by atoms with E-state index < -0.39 is 0 Å². The molecule has 62 heavy (non-hydrogen) atoms. The highest BCUT2D eigenvalue weighted by molar-refractivity contribution is 5.70. The number of unbranched alkanes of at least 4 members (excludes halogenated alkanes) is 21. The average Bonchev–Trinajstić information content (AvgIpc) is 3.94. The van der Waals surface area contributed by atoms with Crippen LogP contribution in [-0.4, -0.2) is 43.7 Å². The summed E-state index contributed by atoms with van der Waals surface area (Å²) in [6, 6.07) is 0. The molecular formula is C56H104O6. The molecule has 1 aliphatic heterocycles. The molecule has 6 nitrogen and oxygen atoms in total. The molecule has 1 atom stereocenters. The monoisotopic (exact) mass is 873 g/mol. The summed E-state index contributed by atoms with van der Waals surface area (Å²) in [6.45, 7) is 10.9. The number of carbonyl (C=O) groups is 2. The molecule has 1 heterocycles.